The van der Waals surface area contributed by atoms with E-state index in [1.54, 1.807) is 0 Å². The molecule has 1 aromatic heterocycles. The highest BCUT2D eigenvalue weighted by atomic mass is 32.1. The molecule has 0 bridgehead atoms. The third-order valence-corrected chi connectivity index (χ3v) is 1.85. The molecule has 0 saturated carbocycles. The predicted octanol–water partition coefficient (Wildman–Crippen LogP) is 1.26. The summed E-state index contributed by atoms with van der Waals surface area (Å²) in [6.45, 7) is 2.03. The Kier molecular flexibility index (Phi) is 2.02. The summed E-state index contributed by atoms with van der Waals surface area (Å²) in [6.07, 6.45) is 0. The number of aromatic nitrogens is 4. The number of hydrogen-bond acceptors (Lipinski definition) is 4. The van der Waals surface area contributed by atoms with Crippen LogP contribution >= 0.6 is 12.6 Å². The standard InChI is InChI=1S/C8H8N4S/c1-6-2-4-7(5-3-6)12-10-8(13)9-11-12/h2-5H,1H3,(H,10,13). The van der Waals surface area contributed by atoms with Crippen molar-refractivity contribution in [1.82, 2.24) is 20.2 Å². The third-order valence-electron chi connectivity index (χ3n) is 1.67. The van der Waals surface area contributed by atoms with Gasteiger partial charge >= 0.3 is 0 Å². The van der Waals surface area contributed by atoms with E-state index < -0.39 is 0 Å². The van der Waals surface area contributed by atoms with Gasteiger partial charge in [-0.2, -0.15) is 0 Å². The summed E-state index contributed by atoms with van der Waals surface area (Å²) in [6, 6.07) is 7.86. The summed E-state index contributed by atoms with van der Waals surface area (Å²) in [5.41, 5.74) is 2.09. The van der Waals surface area contributed by atoms with E-state index in [1.807, 2.05) is 31.2 Å². The predicted molar refractivity (Wildman–Crippen MR) is 51.1 cm³/mol. The number of thiol groups is 1. The highest BCUT2D eigenvalue weighted by Gasteiger charge is 1.99. The Morgan fingerprint density at radius 3 is 2.46 bits per heavy atom. The summed E-state index contributed by atoms with van der Waals surface area (Å²) >= 11 is 3.97. The van der Waals surface area contributed by atoms with E-state index in [1.165, 1.54) is 10.4 Å². The van der Waals surface area contributed by atoms with E-state index in [0.29, 0.717) is 5.16 Å². The van der Waals surface area contributed by atoms with Gasteiger partial charge in [0.1, 0.15) is 0 Å². The molecule has 13 heavy (non-hydrogen) atoms. The minimum atomic E-state index is 0.376. The highest BCUT2D eigenvalue weighted by Crippen LogP contribution is 2.06. The lowest BCUT2D eigenvalue weighted by molar-refractivity contribution is 0.716. The largest absolute Gasteiger partial charge is 0.228 e. The van der Waals surface area contributed by atoms with Crippen molar-refractivity contribution in [1.29, 1.82) is 0 Å². The molecular formula is C8H8N4S. The van der Waals surface area contributed by atoms with Crippen LogP contribution in [0.15, 0.2) is 29.4 Å². The Hall–Kier alpha value is -1.36. The van der Waals surface area contributed by atoms with E-state index in [9.17, 15) is 0 Å². The molecule has 5 heteroatoms. The molecule has 0 N–H and O–H groups in total. The van der Waals surface area contributed by atoms with E-state index >= 15 is 0 Å². The molecule has 0 amide bonds. The molecule has 2 aromatic rings. The Bertz CT molecular complexity index is 406. The second-order valence-corrected chi connectivity index (χ2v) is 3.11. The molecule has 2 rings (SSSR count). The van der Waals surface area contributed by atoms with Gasteiger partial charge < -0.3 is 0 Å². The van der Waals surface area contributed by atoms with Gasteiger partial charge in [-0.15, -0.1) is 15.0 Å². The van der Waals surface area contributed by atoms with Crippen LogP contribution in [0.4, 0.5) is 0 Å². The van der Waals surface area contributed by atoms with Crippen LogP contribution in [0.5, 0.6) is 0 Å². The van der Waals surface area contributed by atoms with Crippen molar-refractivity contribution in [3.63, 3.8) is 0 Å². The maximum atomic E-state index is 3.97. The second kappa shape index (κ2) is 3.18. The van der Waals surface area contributed by atoms with Crippen LogP contribution in [0.1, 0.15) is 5.56 Å². The quantitative estimate of drug-likeness (QED) is 0.692. The highest BCUT2D eigenvalue weighted by molar-refractivity contribution is 7.80. The molecule has 4 nitrogen and oxygen atoms in total. The molecule has 0 unspecified atom stereocenters. The molecule has 0 spiro atoms. The zero-order valence-electron chi connectivity index (χ0n) is 7.05. The smallest absolute Gasteiger partial charge is 0.130 e. The Morgan fingerprint density at radius 2 is 1.92 bits per heavy atom. The van der Waals surface area contributed by atoms with E-state index in [4.69, 9.17) is 0 Å². The van der Waals surface area contributed by atoms with Crippen molar-refractivity contribution in [3.8, 4) is 5.69 Å². The number of rotatable bonds is 1. The van der Waals surface area contributed by atoms with Gasteiger partial charge in [0.05, 0.1) is 5.69 Å². The van der Waals surface area contributed by atoms with Crippen LogP contribution in [0, 0.1) is 6.92 Å². The fraction of sp³-hybridized carbons (Fsp3) is 0.125. The molecule has 0 aliphatic heterocycles. The van der Waals surface area contributed by atoms with Gasteiger partial charge in [0.15, 0.2) is 0 Å². The molecule has 0 aliphatic rings. The summed E-state index contributed by atoms with van der Waals surface area (Å²) in [5, 5.41) is 11.8. The maximum absolute atomic E-state index is 3.97. The van der Waals surface area contributed by atoms with Crippen molar-refractivity contribution < 1.29 is 0 Å². The van der Waals surface area contributed by atoms with Gasteiger partial charge in [-0.05, 0) is 24.3 Å². The first-order chi connectivity index (χ1) is 6.25. The van der Waals surface area contributed by atoms with Crippen LogP contribution in [-0.4, -0.2) is 20.2 Å². The first kappa shape index (κ1) is 8.25. The number of benzene rings is 1. The maximum Gasteiger partial charge on any atom is 0.228 e. The van der Waals surface area contributed by atoms with Crippen LogP contribution < -0.4 is 0 Å². The van der Waals surface area contributed by atoms with Gasteiger partial charge in [0.25, 0.3) is 0 Å². The minimum absolute atomic E-state index is 0.376. The van der Waals surface area contributed by atoms with Gasteiger partial charge in [-0.1, -0.05) is 30.3 Å². The Morgan fingerprint density at radius 1 is 1.23 bits per heavy atom. The SMILES string of the molecule is Cc1ccc(-n2nnc(S)n2)cc1. The molecule has 0 aliphatic carbocycles. The van der Waals surface area contributed by atoms with Crippen LogP contribution in [0.2, 0.25) is 0 Å². The normalized spacial score (nSPS) is 10.3. The van der Waals surface area contributed by atoms with Crippen LogP contribution in [0.25, 0.3) is 5.69 Å². The van der Waals surface area contributed by atoms with Crippen molar-refractivity contribution in [2.45, 2.75) is 12.1 Å². The molecule has 1 aromatic carbocycles. The lowest BCUT2D eigenvalue weighted by Gasteiger charge is -1.97. The average molecular weight is 192 g/mol. The van der Waals surface area contributed by atoms with Crippen LogP contribution in [0.3, 0.4) is 0 Å². The van der Waals surface area contributed by atoms with E-state index in [-0.39, 0.29) is 0 Å². The summed E-state index contributed by atoms with van der Waals surface area (Å²) < 4.78 is 0. The Labute approximate surface area is 81.0 Å². The molecule has 0 atom stereocenters. The van der Waals surface area contributed by atoms with Gasteiger partial charge in [0.2, 0.25) is 5.16 Å². The number of hydrogen-bond donors (Lipinski definition) is 1. The number of tetrazole rings is 1. The van der Waals surface area contributed by atoms with Crippen LogP contribution in [-0.2, 0) is 0 Å². The van der Waals surface area contributed by atoms with Crippen molar-refractivity contribution in [2.24, 2.45) is 0 Å². The minimum Gasteiger partial charge on any atom is -0.130 e. The van der Waals surface area contributed by atoms with Crippen molar-refractivity contribution in [2.75, 3.05) is 0 Å². The first-order valence-electron chi connectivity index (χ1n) is 3.82. The first-order valence-corrected chi connectivity index (χ1v) is 4.26. The van der Waals surface area contributed by atoms with Crippen molar-refractivity contribution in [3.05, 3.63) is 29.8 Å². The van der Waals surface area contributed by atoms with Gasteiger partial charge in [0, 0.05) is 0 Å². The molecule has 0 saturated heterocycles. The molecule has 1 heterocycles. The molecule has 66 valence electrons. The number of nitrogens with zero attached hydrogens (tertiary/aromatic N) is 4. The van der Waals surface area contributed by atoms with Gasteiger partial charge in [-0.25, -0.2) is 0 Å². The fourth-order valence-electron chi connectivity index (χ4n) is 0.995. The fourth-order valence-corrected chi connectivity index (χ4v) is 1.12. The Balaban J connectivity index is 2.41. The van der Waals surface area contributed by atoms with E-state index in [2.05, 4.69) is 28.0 Å². The second-order valence-electron chi connectivity index (χ2n) is 2.71. The summed E-state index contributed by atoms with van der Waals surface area (Å²) in [5.74, 6) is 0. The lowest BCUT2D eigenvalue weighted by Crippen LogP contribution is -1.98. The number of aryl methyl sites for hydroxylation is 1. The lowest BCUT2D eigenvalue weighted by atomic mass is 10.2. The zero-order valence-corrected chi connectivity index (χ0v) is 7.94. The summed E-state index contributed by atoms with van der Waals surface area (Å²) in [4.78, 5) is 1.45. The molecule has 0 fully saturated rings. The average Bonchev–Trinajstić information content (AvgIpc) is 2.53. The van der Waals surface area contributed by atoms with E-state index in [0.717, 1.165) is 5.69 Å². The third kappa shape index (κ3) is 1.70. The monoisotopic (exact) mass is 192 g/mol. The molecule has 0 radical (unpaired) electrons. The topological polar surface area (TPSA) is 43.6 Å². The zero-order chi connectivity index (χ0) is 9.26. The van der Waals surface area contributed by atoms with Gasteiger partial charge in [-0.3, -0.25) is 0 Å². The summed E-state index contributed by atoms with van der Waals surface area (Å²) in [7, 11) is 0. The molecular weight excluding hydrogens is 184 g/mol. The van der Waals surface area contributed by atoms with Crippen molar-refractivity contribution >= 4 is 12.6 Å².